The highest BCUT2D eigenvalue weighted by atomic mass is 14.8. The third-order valence-corrected chi connectivity index (χ3v) is 2.79. The van der Waals surface area contributed by atoms with Crippen molar-refractivity contribution in [3.63, 3.8) is 0 Å². The van der Waals surface area contributed by atoms with Crippen LogP contribution in [0.15, 0.2) is 34.8 Å². The monoisotopic (exact) mass is 200 g/mol. The average Bonchev–Trinajstić information content (AvgIpc) is 2.63. The van der Waals surface area contributed by atoms with E-state index in [0.29, 0.717) is 12.5 Å². The molecule has 2 N–H and O–H groups in total. The van der Waals surface area contributed by atoms with Crippen molar-refractivity contribution < 1.29 is 0 Å². The Morgan fingerprint density at radius 3 is 2.73 bits per heavy atom. The van der Waals surface area contributed by atoms with Gasteiger partial charge in [0.05, 0.1) is 5.69 Å². The van der Waals surface area contributed by atoms with Crippen molar-refractivity contribution in [1.82, 2.24) is 0 Å². The summed E-state index contributed by atoms with van der Waals surface area (Å²) in [6, 6.07) is 8.20. The highest BCUT2D eigenvalue weighted by Crippen LogP contribution is 2.34. The Balaban J connectivity index is 2.54. The van der Waals surface area contributed by atoms with Crippen LogP contribution in [0, 0.1) is 5.92 Å². The van der Waals surface area contributed by atoms with Crippen LogP contribution >= 0.6 is 0 Å². The number of nitrogens with zero attached hydrogens (tertiary/aromatic N) is 1. The molecular weight excluding hydrogens is 184 g/mol. The number of fused-ring (bicyclic) bond motifs is 1. The second-order valence-corrected chi connectivity index (χ2v) is 4.07. The number of allylic oxidation sites excluding steroid dienone is 1. The molecule has 0 aromatic heterocycles. The van der Waals surface area contributed by atoms with Gasteiger partial charge in [0.25, 0.3) is 0 Å². The van der Waals surface area contributed by atoms with Gasteiger partial charge in [0.1, 0.15) is 0 Å². The lowest BCUT2D eigenvalue weighted by molar-refractivity contribution is 0.751. The molecule has 0 atom stereocenters. The zero-order valence-electron chi connectivity index (χ0n) is 9.20. The van der Waals surface area contributed by atoms with Gasteiger partial charge < -0.3 is 5.73 Å². The molecule has 2 nitrogen and oxygen atoms in total. The highest BCUT2D eigenvalue weighted by molar-refractivity contribution is 6.17. The van der Waals surface area contributed by atoms with E-state index in [1.807, 2.05) is 24.4 Å². The Morgan fingerprint density at radius 2 is 2.07 bits per heavy atom. The fourth-order valence-corrected chi connectivity index (χ4v) is 1.93. The number of hydrogen-bond acceptors (Lipinski definition) is 2. The Labute approximate surface area is 90.5 Å². The zero-order chi connectivity index (χ0) is 10.8. The minimum atomic E-state index is 0.475. The molecule has 0 spiro atoms. The van der Waals surface area contributed by atoms with E-state index in [4.69, 9.17) is 5.73 Å². The maximum absolute atomic E-state index is 5.79. The first-order valence-electron chi connectivity index (χ1n) is 5.30. The van der Waals surface area contributed by atoms with Gasteiger partial charge in [-0.05, 0) is 17.6 Å². The van der Waals surface area contributed by atoms with Crippen LogP contribution in [0.4, 0.5) is 5.69 Å². The van der Waals surface area contributed by atoms with Crippen LogP contribution in [0.5, 0.6) is 0 Å². The van der Waals surface area contributed by atoms with Gasteiger partial charge in [-0.3, -0.25) is 4.99 Å². The molecule has 2 heteroatoms. The molecule has 0 fully saturated rings. The molecule has 0 radical (unpaired) electrons. The van der Waals surface area contributed by atoms with E-state index in [1.165, 1.54) is 16.7 Å². The quantitative estimate of drug-likeness (QED) is 0.783. The van der Waals surface area contributed by atoms with Gasteiger partial charge in [-0.1, -0.05) is 32.0 Å². The molecule has 0 amide bonds. The van der Waals surface area contributed by atoms with Crippen molar-refractivity contribution in [2.24, 2.45) is 16.6 Å². The number of rotatable bonds is 2. The number of para-hydroxylation sites is 1. The minimum Gasteiger partial charge on any atom is -0.327 e. The maximum Gasteiger partial charge on any atom is 0.0708 e. The molecule has 2 rings (SSSR count). The SMILES string of the molecule is CC(C)/C(CN)=C1/C=Nc2ccccc21. The third-order valence-electron chi connectivity index (χ3n) is 2.79. The summed E-state index contributed by atoms with van der Waals surface area (Å²) < 4.78 is 0. The number of benzene rings is 1. The molecule has 1 aromatic carbocycles. The fraction of sp³-hybridized carbons (Fsp3) is 0.308. The second-order valence-electron chi connectivity index (χ2n) is 4.07. The highest BCUT2D eigenvalue weighted by Gasteiger charge is 2.16. The van der Waals surface area contributed by atoms with E-state index in [0.717, 1.165) is 5.69 Å². The van der Waals surface area contributed by atoms with Gasteiger partial charge in [-0.25, -0.2) is 0 Å². The molecule has 0 saturated carbocycles. The molecule has 1 aromatic rings. The van der Waals surface area contributed by atoms with Crippen molar-refractivity contribution in [2.75, 3.05) is 6.54 Å². The van der Waals surface area contributed by atoms with E-state index in [-0.39, 0.29) is 0 Å². The van der Waals surface area contributed by atoms with Gasteiger partial charge in [-0.15, -0.1) is 0 Å². The summed E-state index contributed by atoms with van der Waals surface area (Å²) in [7, 11) is 0. The summed E-state index contributed by atoms with van der Waals surface area (Å²) >= 11 is 0. The predicted molar refractivity (Wildman–Crippen MR) is 65.4 cm³/mol. The molecule has 1 aliphatic heterocycles. The van der Waals surface area contributed by atoms with E-state index >= 15 is 0 Å². The molecular formula is C13H16N2. The van der Waals surface area contributed by atoms with Gasteiger partial charge >= 0.3 is 0 Å². The lowest BCUT2D eigenvalue weighted by Crippen LogP contribution is -2.11. The van der Waals surface area contributed by atoms with Crippen molar-refractivity contribution in [1.29, 1.82) is 0 Å². The molecule has 0 bridgehead atoms. The Kier molecular flexibility index (Phi) is 2.69. The summed E-state index contributed by atoms with van der Waals surface area (Å²) in [5.74, 6) is 0.475. The first-order valence-corrected chi connectivity index (χ1v) is 5.30. The van der Waals surface area contributed by atoms with Gasteiger partial charge in [0.15, 0.2) is 0 Å². The predicted octanol–water partition coefficient (Wildman–Crippen LogP) is 2.77. The van der Waals surface area contributed by atoms with Crippen LogP contribution in [-0.2, 0) is 0 Å². The standard InChI is InChI=1S/C13H16N2/c1-9(2)11(7-14)12-8-15-13-6-4-3-5-10(12)13/h3-6,8-9H,7,14H2,1-2H3/b12-11-. The molecule has 78 valence electrons. The van der Waals surface area contributed by atoms with E-state index in [1.54, 1.807) is 0 Å². The second kappa shape index (κ2) is 3.99. The first-order chi connectivity index (χ1) is 7.24. The normalized spacial score (nSPS) is 17.1. The van der Waals surface area contributed by atoms with Crippen LogP contribution in [0.3, 0.4) is 0 Å². The van der Waals surface area contributed by atoms with E-state index in [9.17, 15) is 0 Å². The maximum atomic E-state index is 5.79. The molecule has 15 heavy (non-hydrogen) atoms. The topological polar surface area (TPSA) is 38.4 Å². The van der Waals surface area contributed by atoms with Crippen molar-refractivity contribution in [3.05, 3.63) is 35.4 Å². The van der Waals surface area contributed by atoms with Crippen molar-refractivity contribution in [2.45, 2.75) is 13.8 Å². The lowest BCUT2D eigenvalue weighted by Gasteiger charge is -2.12. The Morgan fingerprint density at radius 1 is 1.33 bits per heavy atom. The van der Waals surface area contributed by atoms with Crippen LogP contribution in [0.1, 0.15) is 19.4 Å². The minimum absolute atomic E-state index is 0.475. The number of aliphatic imine (C=N–C) groups is 1. The van der Waals surface area contributed by atoms with Crippen LogP contribution < -0.4 is 5.73 Å². The Hall–Kier alpha value is -1.41. The molecule has 1 aliphatic rings. The first kappa shape index (κ1) is 10.1. The van der Waals surface area contributed by atoms with E-state index < -0.39 is 0 Å². The Bertz CT molecular complexity index is 428. The summed E-state index contributed by atoms with van der Waals surface area (Å²) in [6.07, 6.45) is 1.94. The largest absolute Gasteiger partial charge is 0.327 e. The average molecular weight is 200 g/mol. The summed E-state index contributed by atoms with van der Waals surface area (Å²) in [6.45, 7) is 4.95. The number of hydrogen-bond donors (Lipinski definition) is 1. The van der Waals surface area contributed by atoms with Crippen molar-refractivity contribution >= 4 is 17.5 Å². The lowest BCUT2D eigenvalue weighted by atomic mass is 9.94. The third kappa shape index (κ3) is 1.73. The van der Waals surface area contributed by atoms with E-state index in [2.05, 4.69) is 24.9 Å². The van der Waals surface area contributed by atoms with Gasteiger partial charge in [0.2, 0.25) is 0 Å². The molecule has 1 heterocycles. The number of nitrogens with two attached hydrogens (primary N) is 1. The van der Waals surface area contributed by atoms with Crippen LogP contribution in [-0.4, -0.2) is 12.8 Å². The smallest absolute Gasteiger partial charge is 0.0708 e. The van der Waals surface area contributed by atoms with Gasteiger partial charge in [0, 0.05) is 23.9 Å². The van der Waals surface area contributed by atoms with Crippen molar-refractivity contribution in [3.8, 4) is 0 Å². The molecule has 0 unspecified atom stereocenters. The van der Waals surface area contributed by atoms with Gasteiger partial charge in [-0.2, -0.15) is 0 Å². The summed E-state index contributed by atoms with van der Waals surface area (Å²) in [5.41, 5.74) is 10.6. The molecule has 0 saturated heterocycles. The van der Waals surface area contributed by atoms with Crippen LogP contribution in [0.25, 0.3) is 5.57 Å². The van der Waals surface area contributed by atoms with Crippen LogP contribution in [0.2, 0.25) is 0 Å². The zero-order valence-corrected chi connectivity index (χ0v) is 9.20. The molecule has 0 aliphatic carbocycles. The summed E-state index contributed by atoms with van der Waals surface area (Å²) in [4.78, 5) is 4.39. The fourth-order valence-electron chi connectivity index (χ4n) is 1.93. The summed E-state index contributed by atoms with van der Waals surface area (Å²) in [5, 5.41) is 0.